The zero-order chi connectivity index (χ0) is 19.0. The van der Waals surface area contributed by atoms with E-state index in [2.05, 4.69) is 27.6 Å². The molecule has 1 aromatic heterocycles. The minimum atomic E-state index is -0.495. The lowest BCUT2D eigenvalue weighted by atomic mass is 10.1. The second-order valence-corrected chi connectivity index (χ2v) is 7.61. The van der Waals surface area contributed by atoms with Crippen molar-refractivity contribution in [3.05, 3.63) is 85.8 Å². The van der Waals surface area contributed by atoms with E-state index < -0.39 is 5.97 Å². The van der Waals surface area contributed by atoms with Gasteiger partial charge in [-0.05, 0) is 89.7 Å². The van der Waals surface area contributed by atoms with Gasteiger partial charge in [0.25, 0.3) is 0 Å². The highest BCUT2D eigenvalue weighted by Crippen LogP contribution is 2.26. The maximum absolute atomic E-state index is 12.2. The molecule has 1 aliphatic heterocycles. The maximum Gasteiger partial charge on any atom is 0.363 e. The quantitative estimate of drug-likeness (QED) is 0.263. The maximum atomic E-state index is 12.2. The predicted molar refractivity (Wildman–Crippen MR) is 114 cm³/mol. The smallest absolute Gasteiger partial charge is 0.363 e. The molecule has 2 aromatic carbocycles. The molecular formula is C21H13ClINO3. The van der Waals surface area contributed by atoms with E-state index in [-0.39, 0.29) is 5.70 Å². The number of aryl methyl sites for hydroxylation is 1. The molecule has 0 spiro atoms. The number of aliphatic imine (C=N–C) groups is 1. The zero-order valence-corrected chi connectivity index (χ0v) is 17.1. The summed E-state index contributed by atoms with van der Waals surface area (Å²) in [5.74, 6) is 1.01. The Morgan fingerprint density at radius 3 is 2.52 bits per heavy atom. The van der Waals surface area contributed by atoms with Gasteiger partial charge >= 0.3 is 5.97 Å². The van der Waals surface area contributed by atoms with Crippen LogP contribution in [0.4, 0.5) is 0 Å². The minimum absolute atomic E-state index is 0.207. The van der Waals surface area contributed by atoms with Crippen LogP contribution in [0.15, 0.2) is 69.7 Å². The molecule has 0 saturated carbocycles. The summed E-state index contributed by atoms with van der Waals surface area (Å²) in [6.45, 7) is 2.00. The number of furan rings is 1. The highest BCUT2D eigenvalue weighted by Gasteiger charge is 2.25. The van der Waals surface area contributed by atoms with Crippen molar-refractivity contribution in [3.63, 3.8) is 0 Å². The van der Waals surface area contributed by atoms with Crippen molar-refractivity contribution in [1.82, 2.24) is 0 Å². The first-order chi connectivity index (χ1) is 13.0. The third-order valence-corrected chi connectivity index (χ3v) is 5.52. The van der Waals surface area contributed by atoms with Gasteiger partial charge in [0.05, 0.1) is 0 Å². The Bertz CT molecular complexity index is 1100. The fraction of sp³-hybridized carbons (Fsp3) is 0.0476. The van der Waals surface area contributed by atoms with Gasteiger partial charge in [0.15, 0.2) is 5.70 Å². The highest BCUT2D eigenvalue weighted by atomic mass is 127. The lowest BCUT2D eigenvalue weighted by molar-refractivity contribution is -0.129. The van der Waals surface area contributed by atoms with E-state index in [1.54, 1.807) is 24.3 Å². The predicted octanol–water partition coefficient (Wildman–Crippen LogP) is 5.86. The molecule has 134 valence electrons. The number of halogens is 2. The lowest BCUT2D eigenvalue weighted by Crippen LogP contribution is -2.05. The van der Waals surface area contributed by atoms with E-state index in [1.807, 2.05) is 43.3 Å². The van der Waals surface area contributed by atoms with Crippen molar-refractivity contribution < 1.29 is 13.9 Å². The molecule has 6 heteroatoms. The molecule has 0 fully saturated rings. The molecular weight excluding hydrogens is 477 g/mol. The molecule has 0 bridgehead atoms. The van der Waals surface area contributed by atoms with Gasteiger partial charge in [0.2, 0.25) is 5.90 Å². The normalized spacial score (nSPS) is 15.1. The molecule has 0 saturated heterocycles. The monoisotopic (exact) mass is 489 g/mol. The lowest BCUT2D eigenvalue weighted by Gasteiger charge is -2.02. The zero-order valence-electron chi connectivity index (χ0n) is 14.2. The van der Waals surface area contributed by atoms with E-state index >= 15 is 0 Å². The fourth-order valence-corrected chi connectivity index (χ4v) is 3.11. The number of ether oxygens (including phenoxy) is 1. The number of nitrogens with zero attached hydrogens (tertiary/aromatic N) is 1. The van der Waals surface area contributed by atoms with E-state index in [9.17, 15) is 4.79 Å². The molecule has 1 aliphatic rings. The van der Waals surface area contributed by atoms with Crippen molar-refractivity contribution in [1.29, 1.82) is 0 Å². The average molecular weight is 490 g/mol. The number of benzene rings is 2. The van der Waals surface area contributed by atoms with Crippen LogP contribution in [0.2, 0.25) is 5.02 Å². The van der Waals surface area contributed by atoms with Gasteiger partial charge in [-0.25, -0.2) is 9.79 Å². The van der Waals surface area contributed by atoms with Gasteiger partial charge in [0, 0.05) is 25.8 Å². The minimum Gasteiger partial charge on any atom is -0.457 e. The largest absolute Gasteiger partial charge is 0.457 e. The Kier molecular flexibility index (Phi) is 4.88. The number of carbonyl (C=O) groups is 1. The Balaban J connectivity index is 1.62. The van der Waals surface area contributed by atoms with Gasteiger partial charge in [-0.2, -0.15) is 0 Å². The van der Waals surface area contributed by atoms with Gasteiger partial charge in [-0.3, -0.25) is 0 Å². The summed E-state index contributed by atoms with van der Waals surface area (Å²) in [5, 5.41) is 0.661. The molecule has 0 N–H and O–H groups in total. The van der Waals surface area contributed by atoms with Crippen molar-refractivity contribution >= 4 is 52.1 Å². The second kappa shape index (κ2) is 7.32. The number of hydrogen-bond donors (Lipinski definition) is 0. The van der Waals surface area contributed by atoms with Crippen LogP contribution in [0.5, 0.6) is 0 Å². The van der Waals surface area contributed by atoms with Crippen molar-refractivity contribution in [2.24, 2.45) is 4.99 Å². The molecule has 27 heavy (non-hydrogen) atoms. The molecule has 0 amide bonds. The third-order valence-electron chi connectivity index (χ3n) is 4.06. The topological polar surface area (TPSA) is 51.8 Å². The first kappa shape index (κ1) is 18.0. The molecule has 2 heterocycles. The Morgan fingerprint density at radius 2 is 1.78 bits per heavy atom. The molecule has 0 aliphatic carbocycles. The summed E-state index contributed by atoms with van der Waals surface area (Å²) >= 11 is 8.17. The fourth-order valence-electron chi connectivity index (χ4n) is 2.64. The van der Waals surface area contributed by atoms with E-state index in [0.717, 1.165) is 20.3 Å². The summed E-state index contributed by atoms with van der Waals surface area (Å²) in [4.78, 5) is 16.5. The molecule has 0 radical (unpaired) electrons. The third kappa shape index (κ3) is 3.84. The van der Waals surface area contributed by atoms with Crippen LogP contribution in [-0.2, 0) is 9.53 Å². The van der Waals surface area contributed by atoms with E-state index in [0.29, 0.717) is 22.4 Å². The van der Waals surface area contributed by atoms with E-state index in [4.69, 9.17) is 20.8 Å². The molecule has 3 aromatic rings. The van der Waals surface area contributed by atoms with Crippen molar-refractivity contribution in [3.8, 4) is 11.3 Å². The van der Waals surface area contributed by atoms with Gasteiger partial charge in [-0.15, -0.1) is 0 Å². The standard InChI is InChI=1S/C21H13ClINO3/c1-12-10-14(4-8-17(12)23)20-24-18(21(25)27-20)11-16-7-9-19(26-16)13-2-5-15(22)6-3-13/h2-11H,1H3/b18-11-. The number of esters is 1. The van der Waals surface area contributed by atoms with E-state index in [1.165, 1.54) is 0 Å². The summed E-state index contributed by atoms with van der Waals surface area (Å²) in [7, 11) is 0. The summed E-state index contributed by atoms with van der Waals surface area (Å²) in [5.41, 5.74) is 2.98. The van der Waals surface area contributed by atoms with Crippen LogP contribution in [0.25, 0.3) is 17.4 Å². The van der Waals surface area contributed by atoms with Crippen LogP contribution < -0.4 is 0 Å². The Labute approximate surface area is 174 Å². The molecule has 4 rings (SSSR count). The average Bonchev–Trinajstić information content (AvgIpc) is 3.26. The van der Waals surface area contributed by atoms with Crippen LogP contribution in [-0.4, -0.2) is 11.9 Å². The van der Waals surface area contributed by atoms with Gasteiger partial charge in [-0.1, -0.05) is 11.6 Å². The first-order valence-electron chi connectivity index (χ1n) is 8.14. The summed E-state index contributed by atoms with van der Waals surface area (Å²) in [6.07, 6.45) is 1.58. The van der Waals surface area contributed by atoms with Crippen LogP contribution in [0, 0.1) is 10.5 Å². The van der Waals surface area contributed by atoms with Crippen LogP contribution in [0.1, 0.15) is 16.9 Å². The second-order valence-electron chi connectivity index (χ2n) is 6.01. The van der Waals surface area contributed by atoms with Crippen LogP contribution in [0.3, 0.4) is 0 Å². The highest BCUT2D eigenvalue weighted by molar-refractivity contribution is 14.1. The number of hydrogen-bond acceptors (Lipinski definition) is 4. The van der Waals surface area contributed by atoms with Gasteiger partial charge in [0.1, 0.15) is 11.5 Å². The van der Waals surface area contributed by atoms with Crippen molar-refractivity contribution in [2.45, 2.75) is 6.92 Å². The summed E-state index contributed by atoms with van der Waals surface area (Å²) in [6, 6.07) is 16.8. The SMILES string of the molecule is Cc1cc(C2=N/C(=C\c3ccc(-c4ccc(Cl)cc4)o3)C(=O)O2)ccc1I. The molecule has 4 nitrogen and oxygen atoms in total. The van der Waals surface area contributed by atoms with Gasteiger partial charge < -0.3 is 9.15 Å². The Morgan fingerprint density at radius 1 is 1.04 bits per heavy atom. The molecule has 0 atom stereocenters. The molecule has 0 unspecified atom stereocenters. The van der Waals surface area contributed by atoms with Crippen LogP contribution >= 0.6 is 34.2 Å². The number of carbonyl (C=O) groups excluding carboxylic acids is 1. The first-order valence-corrected chi connectivity index (χ1v) is 9.60. The summed E-state index contributed by atoms with van der Waals surface area (Å²) < 4.78 is 12.3. The number of cyclic esters (lactones) is 1. The Hall–Kier alpha value is -2.38. The number of rotatable bonds is 3. The van der Waals surface area contributed by atoms with Crippen molar-refractivity contribution in [2.75, 3.05) is 0 Å².